The molecule has 1 aliphatic heterocycles. The van der Waals surface area contributed by atoms with E-state index < -0.39 is 22.3 Å². The molecule has 1 aliphatic carbocycles. The van der Waals surface area contributed by atoms with E-state index in [4.69, 9.17) is 0 Å². The molecule has 0 radical (unpaired) electrons. The van der Waals surface area contributed by atoms with E-state index in [0.717, 1.165) is 25.0 Å². The number of halogens is 1. The number of carbonyl (C=O) groups excluding carboxylic acids is 2. The molecule has 0 spiro atoms. The van der Waals surface area contributed by atoms with Crippen LogP contribution in [0.2, 0.25) is 0 Å². The summed E-state index contributed by atoms with van der Waals surface area (Å²) < 4.78 is 13.5. The fraction of sp³-hybridized carbons (Fsp3) is 0.529. The summed E-state index contributed by atoms with van der Waals surface area (Å²) in [6.45, 7) is 4.07. The number of nitro groups is 1. The maximum Gasteiger partial charge on any atom is 0.306 e. The monoisotopic (exact) mass is 349 g/mol. The van der Waals surface area contributed by atoms with Crippen LogP contribution in [0.5, 0.6) is 0 Å². The Balaban J connectivity index is 1.80. The predicted octanol–water partition coefficient (Wildman–Crippen LogP) is 2.49. The van der Waals surface area contributed by atoms with E-state index in [0.29, 0.717) is 0 Å². The van der Waals surface area contributed by atoms with E-state index in [1.807, 2.05) is 18.7 Å². The molecular weight excluding hydrogens is 329 g/mol. The number of nitrogens with zero attached hydrogens (tertiary/aromatic N) is 3. The number of nitro benzene ring substituents is 1. The Morgan fingerprint density at radius 3 is 2.64 bits per heavy atom. The van der Waals surface area contributed by atoms with Crippen LogP contribution >= 0.6 is 0 Å². The maximum atomic E-state index is 13.5. The summed E-state index contributed by atoms with van der Waals surface area (Å²) in [6, 6.07) is 3.66. The quantitative estimate of drug-likeness (QED) is 0.604. The van der Waals surface area contributed by atoms with Gasteiger partial charge in [-0.15, -0.1) is 0 Å². The highest BCUT2D eigenvalue weighted by atomic mass is 19.1. The molecule has 0 aromatic heterocycles. The smallest absolute Gasteiger partial charge is 0.306 e. The molecule has 7 nitrogen and oxygen atoms in total. The van der Waals surface area contributed by atoms with Gasteiger partial charge in [0, 0.05) is 31.1 Å². The van der Waals surface area contributed by atoms with Gasteiger partial charge in [-0.2, -0.15) is 4.39 Å². The Morgan fingerprint density at radius 1 is 1.40 bits per heavy atom. The largest absolute Gasteiger partial charge is 0.337 e. The van der Waals surface area contributed by atoms with Crippen LogP contribution in [0, 0.1) is 21.8 Å². The van der Waals surface area contributed by atoms with Crippen LogP contribution in [0.1, 0.15) is 33.1 Å². The van der Waals surface area contributed by atoms with Gasteiger partial charge in [0.1, 0.15) is 0 Å². The van der Waals surface area contributed by atoms with Gasteiger partial charge in [-0.05, 0) is 38.8 Å². The van der Waals surface area contributed by atoms with Gasteiger partial charge < -0.3 is 9.80 Å². The summed E-state index contributed by atoms with van der Waals surface area (Å²) in [5, 5.41) is 10.9. The van der Waals surface area contributed by atoms with Crippen molar-refractivity contribution in [2.24, 2.45) is 5.92 Å². The first-order valence-corrected chi connectivity index (χ1v) is 8.36. The fourth-order valence-electron chi connectivity index (χ4n) is 3.35. The van der Waals surface area contributed by atoms with Gasteiger partial charge in [0.25, 0.3) is 0 Å². The molecule has 1 unspecified atom stereocenters. The molecule has 1 aromatic carbocycles. The molecule has 2 aliphatic rings. The number of amides is 2. The van der Waals surface area contributed by atoms with E-state index in [-0.39, 0.29) is 42.6 Å². The first-order chi connectivity index (χ1) is 11.8. The van der Waals surface area contributed by atoms with Crippen LogP contribution in [0.4, 0.5) is 15.8 Å². The molecular formula is C17H20FN3O4. The molecule has 1 heterocycles. The zero-order valence-corrected chi connectivity index (χ0v) is 14.1. The maximum absolute atomic E-state index is 13.5. The van der Waals surface area contributed by atoms with Crippen LogP contribution in [-0.4, -0.2) is 40.3 Å². The van der Waals surface area contributed by atoms with Crippen molar-refractivity contribution < 1.29 is 18.9 Å². The minimum absolute atomic E-state index is 0.0510. The van der Waals surface area contributed by atoms with Crippen molar-refractivity contribution in [3.8, 4) is 0 Å². The van der Waals surface area contributed by atoms with Crippen molar-refractivity contribution in [3.05, 3.63) is 34.1 Å². The van der Waals surface area contributed by atoms with Crippen molar-refractivity contribution in [3.63, 3.8) is 0 Å². The molecule has 1 atom stereocenters. The molecule has 25 heavy (non-hydrogen) atoms. The van der Waals surface area contributed by atoms with Crippen LogP contribution in [0.25, 0.3) is 0 Å². The zero-order valence-electron chi connectivity index (χ0n) is 14.1. The lowest BCUT2D eigenvalue weighted by Crippen LogP contribution is -2.43. The number of anilines is 1. The molecule has 0 bridgehead atoms. The zero-order chi connectivity index (χ0) is 18.3. The Bertz CT molecular complexity index is 731. The average molecular weight is 349 g/mol. The molecule has 1 saturated heterocycles. The number of rotatable bonds is 5. The van der Waals surface area contributed by atoms with Gasteiger partial charge in [-0.1, -0.05) is 0 Å². The van der Waals surface area contributed by atoms with Gasteiger partial charge >= 0.3 is 5.69 Å². The molecule has 1 saturated carbocycles. The normalized spacial score (nSPS) is 20.2. The van der Waals surface area contributed by atoms with E-state index in [1.165, 1.54) is 11.0 Å². The minimum Gasteiger partial charge on any atom is -0.337 e. The van der Waals surface area contributed by atoms with Crippen LogP contribution in [0.15, 0.2) is 18.2 Å². The first kappa shape index (κ1) is 17.3. The minimum atomic E-state index is -0.951. The fourth-order valence-corrected chi connectivity index (χ4v) is 3.35. The van der Waals surface area contributed by atoms with Crippen LogP contribution in [-0.2, 0) is 9.59 Å². The number of hydrogen-bond acceptors (Lipinski definition) is 4. The van der Waals surface area contributed by atoms with Crippen molar-refractivity contribution in [2.45, 2.75) is 45.2 Å². The first-order valence-electron chi connectivity index (χ1n) is 8.36. The third-order valence-corrected chi connectivity index (χ3v) is 4.66. The summed E-state index contributed by atoms with van der Waals surface area (Å²) in [5.74, 6) is -1.75. The van der Waals surface area contributed by atoms with Crippen LogP contribution < -0.4 is 4.90 Å². The van der Waals surface area contributed by atoms with Crippen molar-refractivity contribution >= 4 is 23.2 Å². The Kier molecular flexibility index (Phi) is 4.45. The average Bonchev–Trinajstić information content (AvgIpc) is 3.28. The van der Waals surface area contributed by atoms with Gasteiger partial charge in [-0.3, -0.25) is 19.7 Å². The predicted molar refractivity (Wildman–Crippen MR) is 88.5 cm³/mol. The number of hydrogen-bond donors (Lipinski definition) is 0. The van der Waals surface area contributed by atoms with Crippen molar-refractivity contribution in [1.29, 1.82) is 0 Å². The highest BCUT2D eigenvalue weighted by Crippen LogP contribution is 2.34. The molecule has 2 amide bonds. The molecule has 1 aromatic rings. The third kappa shape index (κ3) is 3.33. The summed E-state index contributed by atoms with van der Waals surface area (Å²) in [5.41, 5.74) is -0.433. The van der Waals surface area contributed by atoms with Gasteiger partial charge in [0.05, 0.1) is 16.5 Å². The summed E-state index contributed by atoms with van der Waals surface area (Å²) >= 11 is 0. The van der Waals surface area contributed by atoms with Gasteiger partial charge in [-0.25, -0.2) is 0 Å². The number of benzene rings is 1. The molecule has 2 fully saturated rings. The van der Waals surface area contributed by atoms with E-state index in [2.05, 4.69) is 0 Å². The highest BCUT2D eigenvalue weighted by molar-refractivity contribution is 6.00. The van der Waals surface area contributed by atoms with E-state index >= 15 is 0 Å². The summed E-state index contributed by atoms with van der Waals surface area (Å²) in [7, 11) is 0. The Hall–Kier alpha value is -2.51. The summed E-state index contributed by atoms with van der Waals surface area (Å²) in [6.07, 6.45) is 2.04. The standard InChI is InChI=1S/C17H20FN3O4/c1-10(2)20(12-3-4-12)17(23)11-7-16(22)19(9-11)13-5-6-14(18)15(8-13)21(24)25/h5-6,8,10-12H,3-4,7,9H2,1-2H3. The van der Waals surface area contributed by atoms with E-state index in [9.17, 15) is 24.1 Å². The molecule has 3 rings (SSSR count). The van der Waals surface area contributed by atoms with Crippen molar-refractivity contribution in [1.82, 2.24) is 4.90 Å². The second-order valence-corrected chi connectivity index (χ2v) is 6.87. The third-order valence-electron chi connectivity index (χ3n) is 4.66. The van der Waals surface area contributed by atoms with Gasteiger partial charge in [0.15, 0.2) is 0 Å². The van der Waals surface area contributed by atoms with Gasteiger partial charge in [0.2, 0.25) is 17.6 Å². The van der Waals surface area contributed by atoms with E-state index in [1.54, 1.807) is 0 Å². The lowest BCUT2D eigenvalue weighted by atomic mass is 10.1. The number of carbonyl (C=O) groups is 2. The van der Waals surface area contributed by atoms with Crippen LogP contribution in [0.3, 0.4) is 0 Å². The second kappa shape index (κ2) is 6.42. The Labute approximate surface area is 144 Å². The molecule has 8 heteroatoms. The topological polar surface area (TPSA) is 83.8 Å². The lowest BCUT2D eigenvalue weighted by Gasteiger charge is -2.29. The molecule has 134 valence electrons. The highest BCUT2D eigenvalue weighted by Gasteiger charge is 2.42. The molecule has 0 N–H and O–H groups in total. The summed E-state index contributed by atoms with van der Waals surface area (Å²) in [4.78, 5) is 38.4. The second-order valence-electron chi connectivity index (χ2n) is 6.87. The Morgan fingerprint density at radius 2 is 2.08 bits per heavy atom. The lowest BCUT2D eigenvalue weighted by molar-refractivity contribution is -0.387. The SMILES string of the molecule is CC(C)N(C(=O)C1CC(=O)N(c2ccc(F)c([N+](=O)[O-])c2)C1)C1CC1. The van der Waals surface area contributed by atoms with Crippen molar-refractivity contribution in [2.75, 3.05) is 11.4 Å².